The maximum atomic E-state index is 12.9. The van der Waals surface area contributed by atoms with Crippen LogP contribution in [-0.2, 0) is 11.3 Å². The number of thioether (sulfide) groups is 1. The van der Waals surface area contributed by atoms with Crippen molar-refractivity contribution in [2.24, 2.45) is 0 Å². The molecule has 3 aromatic rings. The topological polar surface area (TPSA) is 71.5 Å². The van der Waals surface area contributed by atoms with E-state index in [0.29, 0.717) is 29.5 Å². The van der Waals surface area contributed by atoms with E-state index in [9.17, 15) is 9.59 Å². The summed E-state index contributed by atoms with van der Waals surface area (Å²) in [7, 11) is 1.56. The molecule has 8 heteroatoms. The van der Waals surface area contributed by atoms with Crippen molar-refractivity contribution in [2.45, 2.75) is 12.6 Å². The first-order valence-electron chi connectivity index (χ1n) is 9.46. The Hall–Kier alpha value is -2.84. The van der Waals surface area contributed by atoms with Gasteiger partial charge in [-0.1, -0.05) is 36.4 Å². The molecule has 1 saturated heterocycles. The summed E-state index contributed by atoms with van der Waals surface area (Å²) in [4.78, 5) is 31.9. The van der Waals surface area contributed by atoms with Crippen LogP contribution in [0.5, 0.6) is 5.75 Å². The summed E-state index contributed by atoms with van der Waals surface area (Å²) in [6.45, 7) is 0.338. The van der Waals surface area contributed by atoms with Crippen molar-refractivity contribution in [1.82, 2.24) is 15.2 Å². The Morgan fingerprint density at radius 2 is 2.03 bits per heavy atom. The summed E-state index contributed by atoms with van der Waals surface area (Å²) in [6, 6.07) is 16.4. The third kappa shape index (κ3) is 4.49. The van der Waals surface area contributed by atoms with Gasteiger partial charge in [-0.15, -0.1) is 23.1 Å². The van der Waals surface area contributed by atoms with Gasteiger partial charge in [-0.3, -0.25) is 9.59 Å². The highest BCUT2D eigenvalue weighted by Crippen LogP contribution is 2.26. The number of ether oxygens (including phenoxy) is 1. The van der Waals surface area contributed by atoms with Gasteiger partial charge in [0.25, 0.3) is 5.91 Å². The Morgan fingerprint density at radius 3 is 2.83 bits per heavy atom. The molecule has 1 aliphatic rings. The molecule has 1 aliphatic heterocycles. The van der Waals surface area contributed by atoms with Gasteiger partial charge in [0.15, 0.2) is 0 Å². The molecule has 2 amide bonds. The Bertz CT molecular complexity index is 1040. The number of thiazole rings is 1. The number of amides is 2. The van der Waals surface area contributed by atoms with E-state index in [1.54, 1.807) is 59.4 Å². The van der Waals surface area contributed by atoms with E-state index in [2.05, 4.69) is 10.3 Å². The zero-order valence-corrected chi connectivity index (χ0v) is 18.0. The van der Waals surface area contributed by atoms with Crippen molar-refractivity contribution in [3.8, 4) is 16.3 Å². The monoisotopic (exact) mass is 439 g/mol. The summed E-state index contributed by atoms with van der Waals surface area (Å²) < 4.78 is 5.20. The number of nitrogens with zero attached hydrogens (tertiary/aromatic N) is 2. The van der Waals surface area contributed by atoms with Gasteiger partial charge >= 0.3 is 0 Å². The van der Waals surface area contributed by atoms with Crippen LogP contribution in [0.4, 0.5) is 0 Å². The van der Waals surface area contributed by atoms with E-state index in [1.165, 1.54) is 0 Å². The quantitative estimate of drug-likeness (QED) is 0.635. The second kappa shape index (κ2) is 9.32. The standard InChI is InChI=1S/C22H21N3O3S2/c1-28-18-9-5-8-16(10-18)22(27)25-14-29-13-19(25)20(26)23-11-17-12-30-21(24-17)15-6-3-2-4-7-15/h2-10,12,19H,11,13-14H2,1H3,(H,23,26). The minimum Gasteiger partial charge on any atom is -0.497 e. The molecule has 1 atom stereocenters. The molecule has 1 N–H and O–H groups in total. The lowest BCUT2D eigenvalue weighted by Gasteiger charge is -2.23. The molecule has 30 heavy (non-hydrogen) atoms. The van der Waals surface area contributed by atoms with E-state index in [-0.39, 0.29) is 11.8 Å². The van der Waals surface area contributed by atoms with Crippen molar-refractivity contribution in [2.75, 3.05) is 18.7 Å². The second-order valence-electron chi connectivity index (χ2n) is 6.75. The number of hydrogen-bond acceptors (Lipinski definition) is 6. The minimum absolute atomic E-state index is 0.162. The normalized spacial score (nSPS) is 15.8. The molecule has 154 valence electrons. The molecule has 1 unspecified atom stereocenters. The molecule has 1 fully saturated rings. The van der Waals surface area contributed by atoms with E-state index >= 15 is 0 Å². The predicted octanol–water partition coefficient (Wildman–Crippen LogP) is 3.65. The van der Waals surface area contributed by atoms with Crippen molar-refractivity contribution in [3.63, 3.8) is 0 Å². The molecule has 4 rings (SSSR count). The van der Waals surface area contributed by atoms with Crippen LogP contribution in [0, 0.1) is 0 Å². The number of nitrogens with one attached hydrogen (secondary N) is 1. The lowest BCUT2D eigenvalue weighted by Crippen LogP contribution is -2.47. The molecule has 6 nitrogen and oxygen atoms in total. The Balaban J connectivity index is 1.39. The minimum atomic E-state index is -0.499. The smallest absolute Gasteiger partial charge is 0.255 e. The van der Waals surface area contributed by atoms with Crippen LogP contribution in [-0.4, -0.2) is 46.5 Å². The SMILES string of the molecule is COc1cccc(C(=O)N2CSCC2C(=O)NCc2csc(-c3ccccc3)n2)c1. The molecule has 1 aromatic heterocycles. The fourth-order valence-electron chi connectivity index (χ4n) is 3.18. The van der Waals surface area contributed by atoms with Crippen LogP contribution in [0.25, 0.3) is 10.6 Å². The van der Waals surface area contributed by atoms with Gasteiger partial charge in [-0.2, -0.15) is 0 Å². The Labute approximate surface area is 183 Å². The van der Waals surface area contributed by atoms with Crippen molar-refractivity contribution < 1.29 is 14.3 Å². The fraction of sp³-hybridized carbons (Fsp3) is 0.227. The van der Waals surface area contributed by atoms with Gasteiger partial charge in [0, 0.05) is 22.3 Å². The van der Waals surface area contributed by atoms with Crippen LogP contribution in [0.2, 0.25) is 0 Å². The Kier molecular flexibility index (Phi) is 6.35. The highest BCUT2D eigenvalue weighted by atomic mass is 32.2. The van der Waals surface area contributed by atoms with Gasteiger partial charge < -0.3 is 15.0 Å². The summed E-state index contributed by atoms with van der Waals surface area (Å²) in [5.74, 6) is 1.35. The van der Waals surface area contributed by atoms with E-state index in [0.717, 1.165) is 16.3 Å². The van der Waals surface area contributed by atoms with Crippen molar-refractivity contribution >= 4 is 34.9 Å². The lowest BCUT2D eigenvalue weighted by atomic mass is 10.1. The number of hydrogen-bond donors (Lipinski definition) is 1. The average molecular weight is 440 g/mol. The summed E-state index contributed by atoms with van der Waals surface area (Å²) in [5, 5.41) is 5.81. The molecule has 2 aromatic carbocycles. The number of aromatic nitrogens is 1. The van der Waals surface area contributed by atoms with Crippen molar-refractivity contribution in [1.29, 1.82) is 0 Å². The number of methoxy groups -OCH3 is 1. The van der Waals surface area contributed by atoms with Gasteiger partial charge in [0.2, 0.25) is 5.91 Å². The van der Waals surface area contributed by atoms with Crippen LogP contribution in [0.3, 0.4) is 0 Å². The molecule has 0 bridgehead atoms. The molecule has 0 saturated carbocycles. The molecule has 0 aliphatic carbocycles. The summed E-state index contributed by atoms with van der Waals surface area (Å²) in [5.41, 5.74) is 2.38. The Morgan fingerprint density at radius 1 is 1.20 bits per heavy atom. The first-order valence-corrected chi connectivity index (χ1v) is 11.5. The average Bonchev–Trinajstić information content (AvgIpc) is 3.47. The lowest BCUT2D eigenvalue weighted by molar-refractivity contribution is -0.124. The highest BCUT2D eigenvalue weighted by molar-refractivity contribution is 7.99. The van der Waals surface area contributed by atoms with Crippen LogP contribution in [0.15, 0.2) is 60.0 Å². The zero-order chi connectivity index (χ0) is 20.9. The largest absolute Gasteiger partial charge is 0.497 e. The second-order valence-corrected chi connectivity index (χ2v) is 8.61. The van der Waals surface area contributed by atoms with Crippen LogP contribution in [0.1, 0.15) is 16.1 Å². The third-order valence-corrected chi connectivity index (χ3v) is 6.73. The maximum Gasteiger partial charge on any atom is 0.255 e. The number of benzene rings is 2. The summed E-state index contributed by atoms with van der Waals surface area (Å²) >= 11 is 3.12. The van der Waals surface area contributed by atoms with E-state index in [4.69, 9.17) is 4.74 Å². The van der Waals surface area contributed by atoms with Crippen LogP contribution >= 0.6 is 23.1 Å². The highest BCUT2D eigenvalue weighted by Gasteiger charge is 2.35. The third-order valence-electron chi connectivity index (χ3n) is 4.78. The maximum absolute atomic E-state index is 12.9. The van der Waals surface area contributed by atoms with E-state index < -0.39 is 6.04 Å². The number of carbonyl (C=O) groups excluding carboxylic acids is 2. The fourth-order valence-corrected chi connectivity index (χ4v) is 5.16. The number of carbonyl (C=O) groups is 2. The van der Waals surface area contributed by atoms with Gasteiger partial charge in [-0.05, 0) is 18.2 Å². The molecule has 2 heterocycles. The molecule has 0 radical (unpaired) electrons. The van der Waals surface area contributed by atoms with Crippen LogP contribution < -0.4 is 10.1 Å². The number of rotatable bonds is 6. The molecule has 0 spiro atoms. The predicted molar refractivity (Wildman–Crippen MR) is 120 cm³/mol. The van der Waals surface area contributed by atoms with Gasteiger partial charge in [0.05, 0.1) is 25.2 Å². The summed E-state index contributed by atoms with van der Waals surface area (Å²) in [6.07, 6.45) is 0. The van der Waals surface area contributed by atoms with Crippen molar-refractivity contribution in [3.05, 3.63) is 71.2 Å². The molecular weight excluding hydrogens is 418 g/mol. The van der Waals surface area contributed by atoms with E-state index in [1.807, 2.05) is 35.7 Å². The first-order chi connectivity index (χ1) is 14.7. The molecular formula is C22H21N3O3S2. The van der Waals surface area contributed by atoms with Gasteiger partial charge in [-0.25, -0.2) is 4.98 Å². The van der Waals surface area contributed by atoms with Gasteiger partial charge in [0.1, 0.15) is 16.8 Å². The first kappa shape index (κ1) is 20.4. The zero-order valence-electron chi connectivity index (χ0n) is 16.4.